The fourth-order valence-corrected chi connectivity index (χ4v) is 3.22. The molecule has 0 radical (unpaired) electrons. The molecule has 0 bridgehead atoms. The van der Waals surface area contributed by atoms with Gasteiger partial charge in [0.1, 0.15) is 5.60 Å². The molecule has 0 aromatic carbocycles. The van der Waals surface area contributed by atoms with E-state index in [9.17, 15) is 4.79 Å². The summed E-state index contributed by atoms with van der Waals surface area (Å²) in [5.41, 5.74) is 0.123. The Balaban J connectivity index is 1.68. The number of rotatable bonds is 4. The maximum atomic E-state index is 11.8. The maximum Gasteiger partial charge on any atom is 0.410 e. The van der Waals surface area contributed by atoms with E-state index in [0.29, 0.717) is 11.5 Å². The van der Waals surface area contributed by atoms with Crippen LogP contribution >= 0.6 is 0 Å². The Morgan fingerprint density at radius 3 is 2.40 bits per heavy atom. The van der Waals surface area contributed by atoms with Gasteiger partial charge in [0, 0.05) is 25.7 Å². The molecule has 2 fully saturated rings. The summed E-state index contributed by atoms with van der Waals surface area (Å²) in [6, 6.07) is 0.451. The molecule has 0 unspecified atom stereocenters. The van der Waals surface area contributed by atoms with Crippen molar-refractivity contribution in [1.82, 2.24) is 10.2 Å². The van der Waals surface area contributed by atoms with Gasteiger partial charge in [-0.15, -0.1) is 0 Å². The van der Waals surface area contributed by atoms with Crippen molar-refractivity contribution in [2.45, 2.75) is 71.4 Å². The summed E-state index contributed by atoms with van der Waals surface area (Å²) >= 11 is 0. The van der Waals surface area contributed by atoms with Gasteiger partial charge >= 0.3 is 6.09 Å². The van der Waals surface area contributed by atoms with Crippen LogP contribution < -0.4 is 5.32 Å². The van der Waals surface area contributed by atoms with E-state index < -0.39 is 5.60 Å². The second-order valence-corrected chi connectivity index (χ2v) is 7.52. The van der Waals surface area contributed by atoms with Crippen molar-refractivity contribution >= 4 is 6.09 Å². The highest BCUT2D eigenvalue weighted by Crippen LogP contribution is 2.40. The molecule has 1 N–H and O–H groups in total. The Kier molecular flexibility index (Phi) is 4.62. The zero-order chi connectivity index (χ0) is 14.8. The van der Waals surface area contributed by atoms with Crippen LogP contribution in [0.5, 0.6) is 0 Å². The number of carbonyl (C=O) groups is 1. The minimum Gasteiger partial charge on any atom is -0.444 e. The Hall–Kier alpha value is -0.770. The number of hydrogen-bond acceptors (Lipinski definition) is 3. The number of amides is 1. The van der Waals surface area contributed by atoms with E-state index in [0.717, 1.165) is 19.6 Å². The van der Waals surface area contributed by atoms with Crippen molar-refractivity contribution in [3.63, 3.8) is 0 Å². The minimum atomic E-state index is -0.397. The summed E-state index contributed by atoms with van der Waals surface area (Å²) in [6.45, 7) is 10.7. The van der Waals surface area contributed by atoms with Crippen molar-refractivity contribution in [3.8, 4) is 0 Å². The summed E-state index contributed by atoms with van der Waals surface area (Å²) in [4.78, 5) is 13.6. The Labute approximate surface area is 123 Å². The molecule has 0 aromatic rings. The van der Waals surface area contributed by atoms with Gasteiger partial charge in [0.05, 0.1) is 0 Å². The summed E-state index contributed by atoms with van der Waals surface area (Å²) in [5.74, 6) is 0. The number of nitrogens with one attached hydrogen (secondary N) is 1. The fourth-order valence-electron chi connectivity index (χ4n) is 3.22. The van der Waals surface area contributed by atoms with Crippen molar-refractivity contribution in [3.05, 3.63) is 0 Å². The van der Waals surface area contributed by atoms with Crippen LogP contribution in [0.4, 0.5) is 4.79 Å². The summed E-state index contributed by atoms with van der Waals surface area (Å²) < 4.78 is 5.37. The van der Waals surface area contributed by atoms with E-state index in [2.05, 4.69) is 12.2 Å². The predicted octanol–water partition coefficient (Wildman–Crippen LogP) is 3.17. The quantitative estimate of drug-likeness (QED) is 0.861. The van der Waals surface area contributed by atoms with Gasteiger partial charge in [0.2, 0.25) is 0 Å². The molecule has 1 aliphatic heterocycles. The number of hydrogen-bond donors (Lipinski definition) is 1. The number of ether oxygens (including phenoxy) is 1. The highest BCUT2D eigenvalue weighted by Gasteiger charge is 2.36. The van der Waals surface area contributed by atoms with Crippen LogP contribution in [-0.4, -0.2) is 42.3 Å². The first kappa shape index (κ1) is 15.6. The van der Waals surface area contributed by atoms with Gasteiger partial charge < -0.3 is 15.0 Å². The van der Waals surface area contributed by atoms with Crippen LogP contribution in [0.25, 0.3) is 0 Å². The summed E-state index contributed by atoms with van der Waals surface area (Å²) in [6.07, 6.45) is 6.57. The van der Waals surface area contributed by atoms with Gasteiger partial charge in [-0.2, -0.15) is 0 Å². The lowest BCUT2D eigenvalue weighted by Crippen LogP contribution is -2.61. The van der Waals surface area contributed by atoms with Crippen molar-refractivity contribution < 1.29 is 9.53 Å². The second kappa shape index (κ2) is 5.92. The van der Waals surface area contributed by atoms with Gasteiger partial charge in [-0.05, 0) is 45.4 Å². The van der Waals surface area contributed by atoms with E-state index >= 15 is 0 Å². The Morgan fingerprint density at radius 1 is 1.30 bits per heavy atom. The number of nitrogens with zero attached hydrogens (tertiary/aromatic N) is 1. The molecular weight excluding hydrogens is 252 g/mol. The molecule has 0 atom stereocenters. The molecule has 116 valence electrons. The van der Waals surface area contributed by atoms with E-state index in [4.69, 9.17) is 4.74 Å². The third kappa shape index (κ3) is 3.87. The maximum absolute atomic E-state index is 11.8. The lowest BCUT2D eigenvalue weighted by molar-refractivity contribution is 0.00420. The van der Waals surface area contributed by atoms with Crippen LogP contribution in [0.3, 0.4) is 0 Å². The molecule has 1 saturated heterocycles. The molecule has 1 saturated carbocycles. The topological polar surface area (TPSA) is 41.6 Å². The monoisotopic (exact) mass is 282 g/mol. The molecule has 2 aliphatic rings. The number of carbonyl (C=O) groups excluding carboxylic acids is 1. The third-order valence-corrected chi connectivity index (χ3v) is 4.71. The van der Waals surface area contributed by atoms with Crippen molar-refractivity contribution in [1.29, 1.82) is 0 Å². The Bertz CT molecular complexity index is 337. The molecule has 0 aromatic heterocycles. The fraction of sp³-hybridized carbons (Fsp3) is 0.938. The van der Waals surface area contributed by atoms with Crippen LogP contribution in [0.15, 0.2) is 0 Å². The van der Waals surface area contributed by atoms with Crippen LogP contribution in [0.1, 0.15) is 59.8 Å². The molecule has 1 aliphatic carbocycles. The first-order chi connectivity index (χ1) is 9.34. The second-order valence-electron chi connectivity index (χ2n) is 7.52. The average molecular weight is 282 g/mol. The Morgan fingerprint density at radius 2 is 1.90 bits per heavy atom. The molecule has 20 heavy (non-hydrogen) atoms. The zero-order valence-corrected chi connectivity index (χ0v) is 13.5. The molecule has 2 rings (SSSR count). The average Bonchev–Trinajstić information content (AvgIpc) is 2.74. The largest absolute Gasteiger partial charge is 0.444 e. The highest BCUT2D eigenvalue weighted by atomic mass is 16.6. The first-order valence-corrected chi connectivity index (χ1v) is 8.05. The summed E-state index contributed by atoms with van der Waals surface area (Å²) in [5, 5.41) is 3.65. The van der Waals surface area contributed by atoms with E-state index in [1.807, 2.05) is 20.8 Å². The number of likely N-dealkylation sites (tertiary alicyclic amines) is 1. The standard InChI is InChI=1S/C16H30N2O2/c1-5-16(8-6-7-9-16)12-17-13-10-18(11-13)14(19)20-15(2,3)4/h13,17H,5-12H2,1-4H3. The highest BCUT2D eigenvalue weighted by molar-refractivity contribution is 5.69. The lowest BCUT2D eigenvalue weighted by Gasteiger charge is -2.42. The van der Waals surface area contributed by atoms with E-state index in [1.54, 1.807) is 4.90 Å². The van der Waals surface area contributed by atoms with Crippen LogP contribution in [0.2, 0.25) is 0 Å². The van der Waals surface area contributed by atoms with Gasteiger partial charge in [0.15, 0.2) is 0 Å². The van der Waals surface area contributed by atoms with Crippen molar-refractivity contribution in [2.24, 2.45) is 5.41 Å². The first-order valence-electron chi connectivity index (χ1n) is 8.05. The normalized spacial score (nSPS) is 22.7. The third-order valence-electron chi connectivity index (χ3n) is 4.71. The SMILES string of the molecule is CCC1(CNC2CN(C(=O)OC(C)(C)C)C2)CCCC1. The predicted molar refractivity (Wildman–Crippen MR) is 80.8 cm³/mol. The van der Waals surface area contributed by atoms with Gasteiger partial charge in [-0.25, -0.2) is 4.79 Å². The molecule has 1 amide bonds. The van der Waals surface area contributed by atoms with Crippen LogP contribution in [-0.2, 0) is 4.74 Å². The van der Waals surface area contributed by atoms with Gasteiger partial charge in [0.25, 0.3) is 0 Å². The minimum absolute atomic E-state index is 0.179. The molecular formula is C16H30N2O2. The summed E-state index contributed by atoms with van der Waals surface area (Å²) in [7, 11) is 0. The molecule has 4 nitrogen and oxygen atoms in total. The lowest BCUT2D eigenvalue weighted by atomic mass is 9.83. The van der Waals surface area contributed by atoms with Gasteiger partial charge in [-0.3, -0.25) is 0 Å². The molecule has 4 heteroatoms. The van der Waals surface area contributed by atoms with Crippen LogP contribution in [0, 0.1) is 5.41 Å². The molecule has 0 spiro atoms. The smallest absolute Gasteiger partial charge is 0.410 e. The van der Waals surface area contributed by atoms with E-state index in [-0.39, 0.29) is 6.09 Å². The molecule has 1 heterocycles. The van der Waals surface area contributed by atoms with Crippen molar-refractivity contribution in [2.75, 3.05) is 19.6 Å². The van der Waals surface area contributed by atoms with Gasteiger partial charge in [-0.1, -0.05) is 19.8 Å². The van der Waals surface area contributed by atoms with E-state index in [1.165, 1.54) is 32.1 Å². The zero-order valence-electron chi connectivity index (χ0n) is 13.5.